The van der Waals surface area contributed by atoms with E-state index in [0.29, 0.717) is 6.29 Å². The molecule has 0 aromatic heterocycles. The summed E-state index contributed by atoms with van der Waals surface area (Å²) in [6.45, 7) is 5.27. The average molecular weight is 300 g/mol. The number of ether oxygens (including phenoxy) is 1. The van der Waals surface area contributed by atoms with Crippen LogP contribution in [0.5, 0.6) is 5.75 Å². The summed E-state index contributed by atoms with van der Waals surface area (Å²) < 4.78 is 7.17. The minimum atomic E-state index is 0.639. The molecule has 0 N–H and O–H groups in total. The van der Waals surface area contributed by atoms with Gasteiger partial charge in [0, 0.05) is 6.08 Å². The fourth-order valence-electron chi connectivity index (χ4n) is 1.45. The van der Waals surface area contributed by atoms with Gasteiger partial charge in [0.15, 0.2) is 6.21 Å². The van der Waals surface area contributed by atoms with Gasteiger partial charge in [0.05, 0.1) is 7.11 Å². The van der Waals surface area contributed by atoms with Crippen molar-refractivity contribution in [2.45, 2.75) is 13.3 Å². The van der Waals surface area contributed by atoms with Crippen molar-refractivity contribution in [3.05, 3.63) is 60.2 Å². The van der Waals surface area contributed by atoms with Gasteiger partial charge in [-0.05, 0) is 35.8 Å². The van der Waals surface area contributed by atoms with E-state index in [2.05, 4.69) is 50.1 Å². The fraction of sp³-hybridized carbons (Fsp3) is 0.263. The molecule has 0 saturated carbocycles. The second-order valence-corrected chi connectivity index (χ2v) is 4.69. The molecular weight excluding hydrogens is 274 g/mol. The zero-order valence-corrected chi connectivity index (χ0v) is 14.0. The van der Waals surface area contributed by atoms with Crippen LogP contribution in [-0.4, -0.2) is 38.3 Å². The van der Waals surface area contributed by atoms with Crippen LogP contribution in [0.1, 0.15) is 18.9 Å². The average Bonchev–Trinajstić information content (AvgIpc) is 2.55. The highest BCUT2D eigenvalue weighted by Crippen LogP contribution is 2.13. The number of carbonyl (C=O) groups is 1. The van der Waals surface area contributed by atoms with Crippen molar-refractivity contribution in [3.63, 3.8) is 0 Å². The normalized spacial score (nSPS) is 10.5. The first-order valence-corrected chi connectivity index (χ1v) is 7.16. The molecule has 0 aliphatic heterocycles. The molecule has 118 valence electrons. The Hall–Kier alpha value is -2.42. The largest absolute Gasteiger partial charge is 0.497 e. The van der Waals surface area contributed by atoms with E-state index in [4.69, 9.17) is 9.53 Å². The van der Waals surface area contributed by atoms with Gasteiger partial charge in [0.1, 0.15) is 26.1 Å². The molecule has 0 spiro atoms. The van der Waals surface area contributed by atoms with Gasteiger partial charge in [-0.1, -0.05) is 37.8 Å². The van der Waals surface area contributed by atoms with Crippen molar-refractivity contribution in [1.82, 2.24) is 0 Å². The van der Waals surface area contributed by atoms with Crippen molar-refractivity contribution in [2.75, 3.05) is 21.2 Å². The van der Waals surface area contributed by atoms with Crippen molar-refractivity contribution in [1.29, 1.82) is 0 Å². The second kappa shape index (κ2) is 12.3. The molecular formula is C19H26NO2+. The summed E-state index contributed by atoms with van der Waals surface area (Å²) in [5.41, 5.74) is 2.49. The zero-order valence-electron chi connectivity index (χ0n) is 14.0. The minimum Gasteiger partial charge on any atom is -0.497 e. The lowest BCUT2D eigenvalue weighted by Crippen LogP contribution is -1.96. The van der Waals surface area contributed by atoms with Gasteiger partial charge in [-0.25, -0.2) is 4.58 Å². The maximum absolute atomic E-state index is 9.06. The standard InChI is InChI=1S/C16H22NO.C3H4O/c1-5-14(12-13-17(2)3)6-7-15-8-10-16(18-4)11-9-15;1-2-3-4/h6-13H,5H2,1-4H3;2-3H,1H2/q+1;/b7-6+,14-12+;. The van der Waals surface area contributed by atoms with Crippen LogP contribution in [0.15, 0.2) is 54.6 Å². The Morgan fingerprint density at radius 3 is 2.27 bits per heavy atom. The van der Waals surface area contributed by atoms with Crippen molar-refractivity contribution in [3.8, 4) is 5.75 Å². The van der Waals surface area contributed by atoms with E-state index in [0.717, 1.165) is 12.2 Å². The minimum absolute atomic E-state index is 0.639. The van der Waals surface area contributed by atoms with Crippen LogP contribution in [-0.2, 0) is 4.79 Å². The van der Waals surface area contributed by atoms with Crippen LogP contribution in [0.3, 0.4) is 0 Å². The second-order valence-electron chi connectivity index (χ2n) is 4.69. The van der Waals surface area contributed by atoms with Crippen LogP contribution in [0.2, 0.25) is 0 Å². The zero-order chi connectivity index (χ0) is 16.8. The molecule has 1 aromatic carbocycles. The number of rotatable bonds is 6. The predicted octanol–water partition coefficient (Wildman–Crippen LogP) is 3.76. The number of hydrogen-bond acceptors (Lipinski definition) is 2. The maximum atomic E-state index is 9.06. The summed E-state index contributed by atoms with van der Waals surface area (Å²) >= 11 is 0. The molecule has 0 aliphatic carbocycles. The molecule has 3 heteroatoms. The smallest absolute Gasteiger partial charge is 0.163 e. The molecule has 0 radical (unpaired) electrons. The van der Waals surface area contributed by atoms with Crippen LogP contribution < -0.4 is 4.74 Å². The molecule has 0 amide bonds. The molecule has 0 atom stereocenters. The third-order valence-electron chi connectivity index (χ3n) is 2.70. The summed E-state index contributed by atoms with van der Waals surface area (Å²) in [6.07, 6.45) is 11.3. The third-order valence-corrected chi connectivity index (χ3v) is 2.70. The number of hydrogen-bond donors (Lipinski definition) is 0. The Kier molecular flexibility index (Phi) is 11.0. The first-order valence-electron chi connectivity index (χ1n) is 7.16. The molecule has 1 rings (SSSR count). The first kappa shape index (κ1) is 19.6. The van der Waals surface area contributed by atoms with Gasteiger partial charge >= 0.3 is 0 Å². The van der Waals surface area contributed by atoms with E-state index in [-0.39, 0.29) is 0 Å². The highest BCUT2D eigenvalue weighted by molar-refractivity contribution is 5.69. The van der Waals surface area contributed by atoms with Gasteiger partial charge < -0.3 is 4.74 Å². The lowest BCUT2D eigenvalue weighted by molar-refractivity contribution is -0.458. The molecule has 0 saturated heterocycles. The quantitative estimate of drug-likeness (QED) is 0.263. The molecule has 0 unspecified atom stereocenters. The van der Waals surface area contributed by atoms with Gasteiger partial charge in [-0.15, -0.1) is 0 Å². The van der Waals surface area contributed by atoms with Crippen LogP contribution in [0.25, 0.3) is 6.08 Å². The number of nitrogens with zero attached hydrogens (tertiary/aromatic N) is 1. The van der Waals surface area contributed by atoms with Gasteiger partial charge in [-0.3, -0.25) is 4.79 Å². The molecule has 0 aliphatic rings. The van der Waals surface area contributed by atoms with E-state index in [1.165, 1.54) is 17.2 Å². The van der Waals surface area contributed by atoms with E-state index in [9.17, 15) is 0 Å². The van der Waals surface area contributed by atoms with E-state index < -0.39 is 0 Å². The van der Waals surface area contributed by atoms with Crippen molar-refractivity contribution < 1.29 is 14.1 Å². The van der Waals surface area contributed by atoms with Crippen molar-refractivity contribution in [2.24, 2.45) is 0 Å². The number of aldehydes is 1. The molecule has 22 heavy (non-hydrogen) atoms. The monoisotopic (exact) mass is 300 g/mol. The Labute approximate surface area is 133 Å². The Bertz CT molecular complexity index is 527. The predicted molar refractivity (Wildman–Crippen MR) is 94.8 cm³/mol. The Morgan fingerprint density at radius 1 is 1.27 bits per heavy atom. The van der Waals surface area contributed by atoms with Gasteiger partial charge in [0.2, 0.25) is 0 Å². The third kappa shape index (κ3) is 9.48. The lowest BCUT2D eigenvalue weighted by Gasteiger charge is -1.99. The molecule has 0 bridgehead atoms. The maximum Gasteiger partial charge on any atom is 0.163 e. The van der Waals surface area contributed by atoms with E-state index >= 15 is 0 Å². The number of methoxy groups -OCH3 is 1. The molecule has 0 fully saturated rings. The van der Waals surface area contributed by atoms with E-state index in [1.54, 1.807) is 7.11 Å². The first-order chi connectivity index (χ1) is 10.6. The highest BCUT2D eigenvalue weighted by atomic mass is 16.5. The number of carbonyl (C=O) groups excluding carboxylic acids is 1. The topological polar surface area (TPSA) is 29.3 Å². The van der Waals surface area contributed by atoms with Crippen LogP contribution in [0, 0.1) is 0 Å². The SMILES string of the molecule is C=CC=O.CCC(/C=C/c1ccc(OC)cc1)=C\C=[N+](C)C. The molecule has 1 aromatic rings. The number of benzene rings is 1. The Morgan fingerprint density at radius 2 is 1.86 bits per heavy atom. The lowest BCUT2D eigenvalue weighted by atomic mass is 10.1. The summed E-state index contributed by atoms with van der Waals surface area (Å²) in [6, 6.07) is 8.05. The number of allylic oxidation sites excluding steroid dienone is 4. The molecule has 0 heterocycles. The van der Waals surface area contributed by atoms with Crippen LogP contribution >= 0.6 is 0 Å². The summed E-state index contributed by atoms with van der Waals surface area (Å²) in [5.74, 6) is 0.888. The van der Waals surface area contributed by atoms with Gasteiger partial charge in [-0.2, -0.15) is 0 Å². The molecule has 3 nitrogen and oxygen atoms in total. The summed E-state index contributed by atoms with van der Waals surface area (Å²) in [4.78, 5) is 9.06. The van der Waals surface area contributed by atoms with E-state index in [1.807, 2.05) is 30.8 Å². The summed E-state index contributed by atoms with van der Waals surface area (Å²) in [5, 5.41) is 0. The highest BCUT2D eigenvalue weighted by Gasteiger charge is 1.92. The summed E-state index contributed by atoms with van der Waals surface area (Å²) in [7, 11) is 5.73. The Balaban J connectivity index is 0.000000980. The fourth-order valence-corrected chi connectivity index (χ4v) is 1.45. The van der Waals surface area contributed by atoms with Crippen LogP contribution in [0.4, 0.5) is 0 Å². The van der Waals surface area contributed by atoms with Gasteiger partial charge in [0.25, 0.3) is 0 Å². The van der Waals surface area contributed by atoms with Crippen molar-refractivity contribution >= 4 is 18.6 Å².